The molecule has 0 aliphatic heterocycles. The highest BCUT2D eigenvalue weighted by Gasteiger charge is 2.49. The molecule has 30 heavy (non-hydrogen) atoms. The van der Waals surface area contributed by atoms with Gasteiger partial charge in [-0.1, -0.05) is 11.6 Å². The Labute approximate surface area is 181 Å². The average molecular weight is 456 g/mol. The van der Waals surface area contributed by atoms with Gasteiger partial charge >= 0.3 is 0 Å². The summed E-state index contributed by atoms with van der Waals surface area (Å²) in [4.78, 5) is 23.1. The van der Waals surface area contributed by atoms with Crippen LogP contribution in [0.2, 0.25) is 5.02 Å². The Hall–Kier alpha value is -1.71. The quantitative estimate of drug-likeness (QED) is 0.504. The summed E-state index contributed by atoms with van der Waals surface area (Å²) in [5.74, 6) is 2.10. The summed E-state index contributed by atoms with van der Waals surface area (Å²) in [6.45, 7) is 3.00. The third-order valence-electron chi connectivity index (χ3n) is 6.91. The second kappa shape index (κ2) is 7.46. The van der Waals surface area contributed by atoms with Crippen LogP contribution in [-0.4, -0.2) is 30.8 Å². The first-order valence-corrected chi connectivity index (χ1v) is 12.1. The topological polar surface area (TPSA) is 118 Å². The van der Waals surface area contributed by atoms with Crippen LogP contribution in [0.3, 0.4) is 0 Å². The molecule has 0 unspecified atom stereocenters. The Balaban J connectivity index is 1.49. The van der Waals surface area contributed by atoms with E-state index in [4.69, 9.17) is 11.6 Å². The number of carbonyl (C=O) groups is 1. The van der Waals surface area contributed by atoms with Gasteiger partial charge in [0, 0.05) is 12.1 Å². The summed E-state index contributed by atoms with van der Waals surface area (Å²) in [6, 6.07) is 3.33. The highest BCUT2D eigenvalue weighted by atomic mass is 35.5. The Kier molecular flexibility index (Phi) is 5.35. The molecule has 0 heterocycles. The number of nitrogens with zero attached hydrogens (tertiary/aromatic N) is 1. The number of amides is 1. The molecule has 4 saturated carbocycles. The van der Waals surface area contributed by atoms with Crippen LogP contribution in [0, 0.1) is 33.8 Å². The molecular weight excluding hydrogens is 430 g/mol. The van der Waals surface area contributed by atoms with Gasteiger partial charge in [-0.15, -0.1) is 0 Å². The SMILES string of the molecule is CC(C)(NS(=O)(=O)c1ccc(Cl)c([N+](=O)[O-])c1)C(=O)NC1C2CC3CC(C2)CC1C3. The van der Waals surface area contributed by atoms with Crippen LogP contribution >= 0.6 is 11.6 Å². The van der Waals surface area contributed by atoms with E-state index in [2.05, 4.69) is 10.0 Å². The zero-order chi connectivity index (χ0) is 21.8. The van der Waals surface area contributed by atoms with Crippen molar-refractivity contribution in [1.82, 2.24) is 10.0 Å². The van der Waals surface area contributed by atoms with Crippen LogP contribution in [0.1, 0.15) is 46.0 Å². The van der Waals surface area contributed by atoms with Crippen LogP contribution < -0.4 is 10.0 Å². The van der Waals surface area contributed by atoms with Crippen LogP contribution in [0.25, 0.3) is 0 Å². The van der Waals surface area contributed by atoms with Crippen molar-refractivity contribution in [3.63, 3.8) is 0 Å². The fraction of sp³-hybridized carbons (Fsp3) is 0.650. The number of hydrogen-bond donors (Lipinski definition) is 2. The first kappa shape index (κ1) is 21.5. The van der Waals surface area contributed by atoms with E-state index in [1.165, 1.54) is 26.3 Å². The monoisotopic (exact) mass is 455 g/mol. The summed E-state index contributed by atoms with van der Waals surface area (Å²) in [5.41, 5.74) is -1.92. The first-order chi connectivity index (χ1) is 14.0. The van der Waals surface area contributed by atoms with E-state index in [0.717, 1.165) is 49.7 Å². The summed E-state index contributed by atoms with van der Waals surface area (Å²) in [5, 5.41) is 14.0. The van der Waals surface area contributed by atoms with Crippen LogP contribution in [0.5, 0.6) is 0 Å². The van der Waals surface area contributed by atoms with Gasteiger partial charge in [0.2, 0.25) is 15.9 Å². The number of nitrogens with one attached hydrogen (secondary N) is 2. The van der Waals surface area contributed by atoms with Gasteiger partial charge in [0.1, 0.15) is 10.6 Å². The predicted molar refractivity (Wildman–Crippen MR) is 111 cm³/mol. The number of rotatable bonds is 6. The van der Waals surface area contributed by atoms with Crippen LogP contribution in [-0.2, 0) is 14.8 Å². The minimum Gasteiger partial charge on any atom is -0.351 e. The van der Waals surface area contributed by atoms with E-state index in [1.807, 2.05) is 0 Å². The van der Waals surface area contributed by atoms with Crippen molar-refractivity contribution < 1.29 is 18.1 Å². The normalized spacial score (nSPS) is 30.3. The van der Waals surface area contributed by atoms with E-state index in [9.17, 15) is 23.3 Å². The van der Waals surface area contributed by atoms with Gasteiger partial charge in [0.05, 0.1) is 9.82 Å². The summed E-state index contributed by atoms with van der Waals surface area (Å²) in [7, 11) is -4.17. The molecule has 4 fully saturated rings. The lowest BCUT2D eigenvalue weighted by Gasteiger charge is -2.54. The largest absolute Gasteiger partial charge is 0.351 e. The third-order valence-corrected chi connectivity index (χ3v) is 8.88. The van der Waals surface area contributed by atoms with Gasteiger partial charge in [-0.25, -0.2) is 8.42 Å². The molecule has 8 nitrogen and oxygen atoms in total. The van der Waals surface area contributed by atoms with E-state index in [1.54, 1.807) is 0 Å². The van der Waals surface area contributed by atoms with Gasteiger partial charge in [0.25, 0.3) is 5.69 Å². The number of benzene rings is 1. The third kappa shape index (κ3) is 3.94. The predicted octanol–water partition coefficient (Wildman–Crippen LogP) is 3.25. The van der Waals surface area contributed by atoms with Crippen molar-refractivity contribution in [3.05, 3.63) is 33.3 Å². The van der Waals surface area contributed by atoms with E-state index >= 15 is 0 Å². The molecule has 0 atom stereocenters. The molecule has 1 aromatic carbocycles. The zero-order valence-corrected chi connectivity index (χ0v) is 18.5. The summed E-state index contributed by atoms with van der Waals surface area (Å²) < 4.78 is 28.0. The number of carbonyl (C=O) groups excluding carboxylic acids is 1. The Morgan fingerprint density at radius 3 is 2.23 bits per heavy atom. The number of hydrogen-bond acceptors (Lipinski definition) is 5. The fourth-order valence-corrected chi connectivity index (χ4v) is 7.32. The highest BCUT2D eigenvalue weighted by molar-refractivity contribution is 7.89. The summed E-state index contributed by atoms with van der Waals surface area (Å²) >= 11 is 5.77. The van der Waals surface area contributed by atoms with Crippen molar-refractivity contribution in [2.75, 3.05) is 0 Å². The maximum Gasteiger partial charge on any atom is 0.289 e. The minimum atomic E-state index is -4.17. The summed E-state index contributed by atoms with van der Waals surface area (Å²) in [6.07, 6.45) is 5.86. The van der Waals surface area contributed by atoms with E-state index in [-0.39, 0.29) is 21.9 Å². The van der Waals surface area contributed by atoms with Crippen molar-refractivity contribution in [1.29, 1.82) is 0 Å². The molecule has 164 valence electrons. The lowest BCUT2D eigenvalue weighted by Crippen LogP contribution is -2.62. The second-order valence-electron chi connectivity index (χ2n) is 9.53. The van der Waals surface area contributed by atoms with Crippen molar-refractivity contribution in [2.24, 2.45) is 23.7 Å². The number of nitro benzene ring substituents is 1. The van der Waals surface area contributed by atoms with E-state index in [0.29, 0.717) is 11.8 Å². The fourth-order valence-electron chi connectivity index (χ4n) is 5.73. The molecule has 0 saturated heterocycles. The average Bonchev–Trinajstić information content (AvgIpc) is 2.63. The number of nitro groups is 1. The maximum absolute atomic E-state index is 13.0. The maximum atomic E-state index is 13.0. The number of sulfonamides is 1. The first-order valence-electron chi connectivity index (χ1n) is 10.2. The molecule has 4 aliphatic carbocycles. The lowest BCUT2D eigenvalue weighted by molar-refractivity contribution is -0.384. The minimum absolute atomic E-state index is 0.0886. The van der Waals surface area contributed by atoms with Crippen molar-refractivity contribution in [2.45, 2.75) is 62.4 Å². The molecule has 4 bridgehead atoms. The van der Waals surface area contributed by atoms with Gasteiger partial charge in [-0.3, -0.25) is 14.9 Å². The molecule has 1 aromatic rings. The van der Waals surface area contributed by atoms with Gasteiger partial charge < -0.3 is 5.32 Å². The smallest absolute Gasteiger partial charge is 0.289 e. The number of halogens is 1. The molecule has 0 radical (unpaired) electrons. The Bertz CT molecular complexity index is 966. The van der Waals surface area contributed by atoms with Gasteiger partial charge in [-0.05, 0) is 81.8 Å². The van der Waals surface area contributed by atoms with Crippen LogP contribution in [0.15, 0.2) is 23.1 Å². The van der Waals surface area contributed by atoms with Gasteiger partial charge in [-0.2, -0.15) is 4.72 Å². The second-order valence-corrected chi connectivity index (χ2v) is 11.6. The molecule has 0 spiro atoms. The van der Waals surface area contributed by atoms with E-state index < -0.39 is 26.2 Å². The van der Waals surface area contributed by atoms with Crippen LogP contribution in [0.4, 0.5) is 5.69 Å². The Morgan fingerprint density at radius 2 is 1.70 bits per heavy atom. The van der Waals surface area contributed by atoms with Crippen molar-refractivity contribution in [3.8, 4) is 0 Å². The molecule has 4 aliphatic rings. The molecule has 1 amide bonds. The lowest BCUT2D eigenvalue weighted by atomic mass is 9.54. The van der Waals surface area contributed by atoms with Gasteiger partial charge in [0.15, 0.2) is 0 Å². The zero-order valence-electron chi connectivity index (χ0n) is 16.9. The molecular formula is C20H26ClN3O5S. The molecule has 2 N–H and O–H groups in total. The van der Waals surface area contributed by atoms with Crippen molar-refractivity contribution >= 4 is 33.2 Å². The molecule has 0 aromatic heterocycles. The molecule has 10 heteroatoms. The standard InChI is InChI=1S/C20H26ClN3O5S/c1-20(2,23-30(28,29)15-3-4-16(21)17(10-15)24(26)27)19(25)22-18-13-6-11-5-12(8-13)9-14(18)7-11/h3-4,10-14,18,23H,5-9H2,1-2H3,(H,22,25). The highest BCUT2D eigenvalue weighted by Crippen LogP contribution is 2.53. The Morgan fingerprint density at radius 1 is 1.13 bits per heavy atom. The molecule has 5 rings (SSSR count).